The third-order valence-electron chi connectivity index (χ3n) is 1.19. The van der Waals surface area contributed by atoms with Gasteiger partial charge in [-0.05, 0) is 13.3 Å². The number of carboxylic acids is 2. The van der Waals surface area contributed by atoms with Crippen molar-refractivity contribution in [1.29, 1.82) is 0 Å². The Kier molecular flexibility index (Phi) is 5.03. The van der Waals surface area contributed by atoms with E-state index in [1.807, 2.05) is 0 Å². The Labute approximate surface area is 70.0 Å². The fraction of sp³-hybridized carbons (Fsp3) is 0.571. The van der Waals surface area contributed by atoms with Gasteiger partial charge in [-0.15, -0.1) is 0 Å². The molecule has 68 valence electrons. The van der Waals surface area contributed by atoms with Gasteiger partial charge in [0.05, 0.1) is 6.61 Å². The molecule has 2 radical (unpaired) electrons. The highest BCUT2D eigenvalue weighted by atomic mass is 16.5. The van der Waals surface area contributed by atoms with Gasteiger partial charge in [-0.3, -0.25) is 4.79 Å². The van der Waals surface area contributed by atoms with Gasteiger partial charge >= 0.3 is 11.9 Å². The van der Waals surface area contributed by atoms with Crippen LogP contribution in [0.25, 0.3) is 0 Å². The van der Waals surface area contributed by atoms with Gasteiger partial charge in [0.1, 0.15) is 0 Å². The molecule has 0 spiro atoms. The van der Waals surface area contributed by atoms with E-state index >= 15 is 0 Å². The lowest BCUT2D eigenvalue weighted by atomic mass is 10.2. The van der Waals surface area contributed by atoms with Crippen LogP contribution in [0.15, 0.2) is 0 Å². The van der Waals surface area contributed by atoms with Crippen molar-refractivity contribution in [1.82, 2.24) is 0 Å². The first-order valence-corrected chi connectivity index (χ1v) is 3.34. The molecule has 0 aliphatic heterocycles. The van der Waals surface area contributed by atoms with Crippen molar-refractivity contribution in [2.45, 2.75) is 18.9 Å². The molecule has 0 bridgehead atoms. The van der Waals surface area contributed by atoms with E-state index in [1.165, 1.54) is 0 Å². The molecule has 0 saturated heterocycles. The second kappa shape index (κ2) is 5.54. The quantitative estimate of drug-likeness (QED) is 0.593. The standard InChI is InChI=1S/C7H10O5/c1-2-12-5(7(10)11)3-4-6(8)9/h1,5H,2-4H2,(H,8,9)(H,10,11). The molecule has 0 heterocycles. The van der Waals surface area contributed by atoms with Crippen LogP contribution in [-0.4, -0.2) is 34.9 Å². The second-order valence-corrected chi connectivity index (χ2v) is 2.09. The maximum Gasteiger partial charge on any atom is 0.332 e. The number of ether oxygens (including phenoxy) is 1. The predicted molar refractivity (Wildman–Crippen MR) is 38.5 cm³/mol. The number of hydrogen-bond acceptors (Lipinski definition) is 3. The first-order valence-electron chi connectivity index (χ1n) is 3.34. The molecule has 5 heteroatoms. The molecule has 0 aliphatic carbocycles. The normalized spacial score (nSPS) is 12.4. The van der Waals surface area contributed by atoms with Gasteiger partial charge in [0, 0.05) is 6.42 Å². The van der Waals surface area contributed by atoms with Crippen molar-refractivity contribution in [3.8, 4) is 0 Å². The van der Waals surface area contributed by atoms with Crippen LogP contribution in [0.2, 0.25) is 0 Å². The summed E-state index contributed by atoms with van der Waals surface area (Å²) in [7, 11) is 0. The maximum absolute atomic E-state index is 10.3. The molecule has 0 fully saturated rings. The number of carboxylic acid groups (broad SMARTS) is 2. The van der Waals surface area contributed by atoms with Gasteiger partial charge in [0.25, 0.3) is 0 Å². The minimum absolute atomic E-state index is 0.0676. The summed E-state index contributed by atoms with van der Waals surface area (Å²) >= 11 is 0. The minimum atomic E-state index is -1.19. The van der Waals surface area contributed by atoms with Crippen LogP contribution in [0, 0.1) is 6.92 Å². The van der Waals surface area contributed by atoms with E-state index in [0.717, 1.165) is 0 Å². The molecule has 1 atom stereocenters. The predicted octanol–water partition coefficient (Wildman–Crippen LogP) is 0.0321. The molecule has 0 amide bonds. The third kappa shape index (κ3) is 4.68. The van der Waals surface area contributed by atoms with E-state index in [0.29, 0.717) is 0 Å². The molecule has 0 saturated carbocycles. The molecular weight excluding hydrogens is 164 g/mol. The largest absolute Gasteiger partial charge is 0.481 e. The number of aliphatic carboxylic acids is 2. The fourth-order valence-corrected chi connectivity index (χ4v) is 0.649. The summed E-state index contributed by atoms with van der Waals surface area (Å²) in [5.41, 5.74) is 0. The van der Waals surface area contributed by atoms with Gasteiger partial charge in [-0.25, -0.2) is 4.79 Å². The van der Waals surface area contributed by atoms with E-state index in [1.54, 1.807) is 0 Å². The van der Waals surface area contributed by atoms with Gasteiger partial charge in [-0.2, -0.15) is 0 Å². The molecular formula is C7H10O5. The lowest BCUT2D eigenvalue weighted by Gasteiger charge is -2.09. The average molecular weight is 174 g/mol. The van der Waals surface area contributed by atoms with E-state index in [2.05, 4.69) is 4.74 Å². The number of carbonyl (C=O) groups is 2. The molecule has 0 aromatic heterocycles. The van der Waals surface area contributed by atoms with Gasteiger partial charge < -0.3 is 14.9 Å². The van der Waals surface area contributed by atoms with Crippen molar-refractivity contribution >= 4 is 11.9 Å². The highest BCUT2D eigenvalue weighted by molar-refractivity contribution is 5.74. The zero-order valence-corrected chi connectivity index (χ0v) is 6.40. The van der Waals surface area contributed by atoms with E-state index in [9.17, 15) is 9.59 Å². The summed E-state index contributed by atoms with van der Waals surface area (Å²) in [6.07, 6.45) is -1.43. The SMILES string of the molecule is [CH]COC(CCC(=O)O)C(=O)O. The summed E-state index contributed by atoms with van der Waals surface area (Å²) in [5, 5.41) is 16.7. The average Bonchev–Trinajstić information content (AvgIpc) is 1.96. The minimum Gasteiger partial charge on any atom is -0.481 e. The topological polar surface area (TPSA) is 83.8 Å². The van der Waals surface area contributed by atoms with Crippen LogP contribution in [0.1, 0.15) is 12.8 Å². The number of rotatable bonds is 6. The molecule has 1 unspecified atom stereocenters. The van der Waals surface area contributed by atoms with E-state index in [4.69, 9.17) is 17.1 Å². The molecule has 5 nitrogen and oxygen atoms in total. The first-order chi connectivity index (χ1) is 5.57. The number of hydrogen-bond donors (Lipinski definition) is 2. The maximum atomic E-state index is 10.3. The van der Waals surface area contributed by atoms with Crippen LogP contribution in [-0.2, 0) is 14.3 Å². The Bertz CT molecular complexity index is 165. The van der Waals surface area contributed by atoms with Crippen LogP contribution in [0.5, 0.6) is 0 Å². The summed E-state index contributed by atoms with van der Waals surface area (Å²) in [6.45, 7) is 4.71. The summed E-state index contributed by atoms with van der Waals surface area (Å²) in [4.78, 5) is 20.4. The van der Waals surface area contributed by atoms with E-state index < -0.39 is 18.0 Å². The molecule has 12 heavy (non-hydrogen) atoms. The first kappa shape index (κ1) is 10.9. The molecule has 0 aliphatic rings. The third-order valence-corrected chi connectivity index (χ3v) is 1.19. The molecule has 0 aromatic rings. The van der Waals surface area contributed by atoms with Crippen LogP contribution >= 0.6 is 0 Å². The second-order valence-electron chi connectivity index (χ2n) is 2.09. The highest BCUT2D eigenvalue weighted by Gasteiger charge is 2.18. The summed E-state index contributed by atoms with van der Waals surface area (Å²) in [5.74, 6) is -2.25. The molecule has 2 N–H and O–H groups in total. The summed E-state index contributed by atoms with van der Waals surface area (Å²) in [6, 6.07) is 0. The van der Waals surface area contributed by atoms with Crippen molar-refractivity contribution in [3.63, 3.8) is 0 Å². The monoisotopic (exact) mass is 174 g/mol. The van der Waals surface area contributed by atoms with Gasteiger partial charge in [0.2, 0.25) is 0 Å². The zero-order chi connectivity index (χ0) is 9.56. The fourth-order valence-electron chi connectivity index (χ4n) is 0.649. The van der Waals surface area contributed by atoms with Crippen molar-refractivity contribution in [2.75, 3.05) is 6.61 Å². The lowest BCUT2D eigenvalue weighted by Crippen LogP contribution is -2.24. The van der Waals surface area contributed by atoms with Crippen molar-refractivity contribution in [2.24, 2.45) is 0 Å². The Morgan fingerprint density at radius 1 is 1.42 bits per heavy atom. The van der Waals surface area contributed by atoms with Crippen LogP contribution in [0.4, 0.5) is 0 Å². The Morgan fingerprint density at radius 3 is 2.33 bits per heavy atom. The van der Waals surface area contributed by atoms with Crippen molar-refractivity contribution < 1.29 is 24.5 Å². The van der Waals surface area contributed by atoms with Crippen molar-refractivity contribution in [3.05, 3.63) is 6.92 Å². The lowest BCUT2D eigenvalue weighted by molar-refractivity contribution is -0.150. The van der Waals surface area contributed by atoms with Gasteiger partial charge in [0.15, 0.2) is 6.10 Å². The van der Waals surface area contributed by atoms with Crippen LogP contribution < -0.4 is 0 Å². The Hall–Kier alpha value is -1.10. The Balaban J connectivity index is 3.79. The smallest absolute Gasteiger partial charge is 0.332 e. The van der Waals surface area contributed by atoms with Crippen LogP contribution in [0.3, 0.4) is 0 Å². The molecule has 0 aromatic carbocycles. The summed E-state index contributed by atoms with van der Waals surface area (Å²) < 4.78 is 4.57. The van der Waals surface area contributed by atoms with E-state index in [-0.39, 0.29) is 19.4 Å². The zero-order valence-electron chi connectivity index (χ0n) is 6.40. The van der Waals surface area contributed by atoms with Gasteiger partial charge in [-0.1, -0.05) is 0 Å². The Morgan fingerprint density at radius 2 is 2.00 bits per heavy atom. The molecule has 0 rings (SSSR count). The highest BCUT2D eigenvalue weighted by Crippen LogP contribution is 2.02.